The average Bonchev–Trinajstić information content (AvgIpc) is 2.96. The van der Waals surface area contributed by atoms with E-state index in [0.29, 0.717) is 19.7 Å². The van der Waals surface area contributed by atoms with Crippen LogP contribution < -0.4 is 5.32 Å². The van der Waals surface area contributed by atoms with Gasteiger partial charge in [-0.1, -0.05) is 31.2 Å². The van der Waals surface area contributed by atoms with Crippen LogP contribution in [0.2, 0.25) is 0 Å². The molecule has 146 valence electrons. The molecule has 0 radical (unpaired) electrons. The number of rotatable bonds is 5. The topological polar surface area (TPSA) is 46.5 Å². The number of anilines is 1. The van der Waals surface area contributed by atoms with Gasteiger partial charge in [0.15, 0.2) is 0 Å². The van der Waals surface area contributed by atoms with Gasteiger partial charge in [-0.25, -0.2) is 4.79 Å². The van der Waals surface area contributed by atoms with Gasteiger partial charge in [0.05, 0.1) is 6.61 Å². The van der Waals surface area contributed by atoms with Gasteiger partial charge in [0.2, 0.25) is 0 Å². The van der Waals surface area contributed by atoms with E-state index in [4.69, 9.17) is 4.74 Å². The van der Waals surface area contributed by atoms with Gasteiger partial charge in [-0.2, -0.15) is 0 Å². The molecule has 0 spiro atoms. The molecule has 1 aromatic heterocycles. The van der Waals surface area contributed by atoms with Crippen molar-refractivity contribution in [3.63, 3.8) is 0 Å². The van der Waals surface area contributed by atoms with E-state index in [9.17, 15) is 4.79 Å². The molecule has 0 saturated carbocycles. The van der Waals surface area contributed by atoms with Gasteiger partial charge in [0.25, 0.3) is 0 Å². The van der Waals surface area contributed by atoms with Crippen molar-refractivity contribution in [1.82, 2.24) is 9.47 Å². The number of aromatic nitrogens is 1. The summed E-state index contributed by atoms with van der Waals surface area (Å²) in [5.74, 6) is 0. The van der Waals surface area contributed by atoms with E-state index >= 15 is 0 Å². The minimum atomic E-state index is -0.0429. The first kappa shape index (κ1) is 18.6. The number of methoxy groups -OCH3 is 1. The number of nitrogens with zero attached hydrogens (tertiary/aromatic N) is 2. The first-order valence-corrected chi connectivity index (χ1v) is 9.93. The maximum atomic E-state index is 12.9. The number of hydrogen-bond acceptors (Lipinski definition) is 2. The Balaban J connectivity index is 1.54. The zero-order valence-electron chi connectivity index (χ0n) is 16.6. The van der Waals surface area contributed by atoms with Crippen molar-refractivity contribution in [3.05, 3.63) is 65.4 Å². The minimum absolute atomic E-state index is 0.0429. The predicted octanol–water partition coefficient (Wildman–Crippen LogP) is 4.44. The Hall–Kier alpha value is -2.79. The summed E-state index contributed by atoms with van der Waals surface area (Å²) in [7, 11) is 1.73. The van der Waals surface area contributed by atoms with E-state index < -0.39 is 0 Å². The standard InChI is InChI=1S/C23H27N3O2/c1-3-17-7-9-20(10-8-17)24-23(27)26-12-11-19-15-25(13-14-28-2)21-6-4-5-18(16-26)22(19)21/h4-10,15H,3,11-14,16H2,1-2H3,(H,24,27). The van der Waals surface area contributed by atoms with Gasteiger partial charge >= 0.3 is 6.03 Å². The molecule has 2 aromatic carbocycles. The molecule has 1 N–H and O–H groups in total. The lowest BCUT2D eigenvalue weighted by atomic mass is 10.1. The third kappa shape index (κ3) is 3.62. The summed E-state index contributed by atoms with van der Waals surface area (Å²) in [6.07, 6.45) is 4.07. The normalized spacial score (nSPS) is 13.6. The van der Waals surface area contributed by atoms with E-state index in [0.717, 1.165) is 25.1 Å². The quantitative estimate of drug-likeness (QED) is 0.714. The van der Waals surface area contributed by atoms with Crippen LogP contribution in [0.4, 0.5) is 10.5 Å². The largest absolute Gasteiger partial charge is 0.383 e. The number of carbonyl (C=O) groups excluding carboxylic acids is 1. The third-order valence-electron chi connectivity index (χ3n) is 5.52. The molecule has 1 aliphatic heterocycles. The van der Waals surface area contributed by atoms with E-state index in [1.165, 1.54) is 27.6 Å². The Kier molecular flexibility index (Phi) is 5.35. The lowest BCUT2D eigenvalue weighted by Crippen LogP contribution is -2.35. The number of amides is 2. The molecule has 28 heavy (non-hydrogen) atoms. The van der Waals surface area contributed by atoms with Crippen LogP contribution >= 0.6 is 0 Å². The highest BCUT2D eigenvalue weighted by Crippen LogP contribution is 2.29. The van der Waals surface area contributed by atoms with Gasteiger partial charge in [-0.3, -0.25) is 0 Å². The van der Waals surface area contributed by atoms with Crippen LogP contribution in [0.3, 0.4) is 0 Å². The maximum Gasteiger partial charge on any atom is 0.322 e. The Morgan fingerprint density at radius 3 is 2.71 bits per heavy atom. The molecule has 5 nitrogen and oxygen atoms in total. The van der Waals surface area contributed by atoms with Gasteiger partial charge in [0.1, 0.15) is 0 Å². The molecule has 3 aromatic rings. The molecule has 2 heterocycles. The summed E-state index contributed by atoms with van der Waals surface area (Å²) >= 11 is 0. The van der Waals surface area contributed by atoms with Crippen LogP contribution in [0.1, 0.15) is 23.6 Å². The second-order valence-electron chi connectivity index (χ2n) is 7.30. The summed E-state index contributed by atoms with van der Waals surface area (Å²) in [5, 5.41) is 4.34. The van der Waals surface area contributed by atoms with Crippen molar-refractivity contribution in [2.75, 3.05) is 25.6 Å². The van der Waals surface area contributed by atoms with Crippen LogP contribution in [0, 0.1) is 0 Å². The molecular formula is C23H27N3O2. The molecule has 0 bridgehead atoms. The lowest BCUT2D eigenvalue weighted by Gasteiger charge is -2.22. The highest BCUT2D eigenvalue weighted by Gasteiger charge is 2.22. The van der Waals surface area contributed by atoms with Crippen molar-refractivity contribution in [2.45, 2.75) is 32.9 Å². The average molecular weight is 377 g/mol. The Labute approximate surface area is 165 Å². The fraction of sp³-hybridized carbons (Fsp3) is 0.348. The SMILES string of the molecule is CCc1ccc(NC(=O)N2CCc3cn(CCOC)c4cccc(c34)C2)cc1. The van der Waals surface area contributed by atoms with E-state index in [1.807, 2.05) is 17.0 Å². The number of ether oxygens (including phenoxy) is 1. The van der Waals surface area contributed by atoms with Crippen molar-refractivity contribution in [2.24, 2.45) is 0 Å². The molecule has 1 aliphatic rings. The Morgan fingerprint density at radius 2 is 1.96 bits per heavy atom. The molecule has 5 heteroatoms. The van der Waals surface area contributed by atoms with Gasteiger partial charge in [-0.05, 0) is 47.7 Å². The van der Waals surface area contributed by atoms with E-state index in [1.54, 1.807) is 7.11 Å². The van der Waals surface area contributed by atoms with E-state index in [2.05, 4.69) is 53.3 Å². The summed E-state index contributed by atoms with van der Waals surface area (Å²) < 4.78 is 7.51. The van der Waals surface area contributed by atoms with Crippen LogP contribution in [-0.4, -0.2) is 35.8 Å². The van der Waals surface area contributed by atoms with Gasteiger partial charge in [-0.15, -0.1) is 0 Å². The number of benzene rings is 2. The summed E-state index contributed by atoms with van der Waals surface area (Å²) in [5.41, 5.74) is 5.85. The molecule has 0 fully saturated rings. The van der Waals surface area contributed by atoms with Gasteiger partial charge < -0.3 is 19.5 Å². The van der Waals surface area contributed by atoms with Crippen molar-refractivity contribution in [1.29, 1.82) is 0 Å². The van der Waals surface area contributed by atoms with Crippen LogP contribution in [0.25, 0.3) is 10.9 Å². The fourth-order valence-electron chi connectivity index (χ4n) is 3.95. The minimum Gasteiger partial charge on any atom is -0.383 e. The zero-order chi connectivity index (χ0) is 19.5. The summed E-state index contributed by atoms with van der Waals surface area (Å²) in [6.45, 7) is 4.99. The number of hydrogen-bond donors (Lipinski definition) is 1. The molecule has 0 saturated heterocycles. The molecule has 0 unspecified atom stereocenters. The zero-order valence-corrected chi connectivity index (χ0v) is 16.6. The third-order valence-corrected chi connectivity index (χ3v) is 5.52. The molecule has 2 amide bonds. The highest BCUT2D eigenvalue weighted by molar-refractivity contribution is 5.91. The van der Waals surface area contributed by atoms with Crippen molar-refractivity contribution < 1.29 is 9.53 Å². The number of carbonyl (C=O) groups is 1. The molecule has 0 atom stereocenters. The Morgan fingerprint density at radius 1 is 1.14 bits per heavy atom. The lowest BCUT2D eigenvalue weighted by molar-refractivity contribution is 0.188. The number of urea groups is 1. The molecule has 0 aliphatic carbocycles. The van der Waals surface area contributed by atoms with Gasteiger partial charge in [0, 0.05) is 49.5 Å². The number of aryl methyl sites for hydroxylation is 1. The molecule has 4 rings (SSSR count). The monoisotopic (exact) mass is 377 g/mol. The number of nitrogens with one attached hydrogen (secondary N) is 1. The molecular weight excluding hydrogens is 350 g/mol. The maximum absolute atomic E-state index is 12.9. The first-order chi connectivity index (χ1) is 13.7. The fourth-order valence-corrected chi connectivity index (χ4v) is 3.95. The van der Waals surface area contributed by atoms with Crippen LogP contribution in [0.5, 0.6) is 0 Å². The van der Waals surface area contributed by atoms with Crippen molar-refractivity contribution >= 4 is 22.6 Å². The second kappa shape index (κ2) is 8.07. The summed E-state index contributed by atoms with van der Waals surface area (Å²) in [6, 6.07) is 14.4. The van der Waals surface area contributed by atoms with Crippen LogP contribution in [-0.2, 0) is 30.7 Å². The Bertz CT molecular complexity index is 975. The van der Waals surface area contributed by atoms with Crippen molar-refractivity contribution in [3.8, 4) is 0 Å². The summed E-state index contributed by atoms with van der Waals surface area (Å²) in [4.78, 5) is 14.8. The smallest absolute Gasteiger partial charge is 0.322 e. The van der Waals surface area contributed by atoms with Crippen LogP contribution in [0.15, 0.2) is 48.7 Å². The highest BCUT2D eigenvalue weighted by atomic mass is 16.5. The first-order valence-electron chi connectivity index (χ1n) is 9.93. The van der Waals surface area contributed by atoms with E-state index in [-0.39, 0.29) is 6.03 Å². The second-order valence-corrected chi connectivity index (χ2v) is 7.30. The predicted molar refractivity (Wildman–Crippen MR) is 113 cm³/mol.